The van der Waals surface area contributed by atoms with Crippen molar-refractivity contribution >= 4 is 66.3 Å². The topological polar surface area (TPSA) is 95.5 Å². The van der Waals surface area contributed by atoms with Gasteiger partial charge in [-0.2, -0.15) is 13.0 Å². The molecule has 0 aliphatic heterocycles. The van der Waals surface area contributed by atoms with E-state index in [0.29, 0.717) is 13.0 Å². The van der Waals surface area contributed by atoms with E-state index in [4.69, 9.17) is 9.66 Å². The van der Waals surface area contributed by atoms with E-state index in [1.165, 1.54) is 11.8 Å². The molecule has 6 nitrogen and oxygen atoms in total. The summed E-state index contributed by atoms with van der Waals surface area (Å²) in [6, 6.07) is 12.1. The van der Waals surface area contributed by atoms with Gasteiger partial charge in [-0.05, 0) is 28.8 Å². The number of benzene rings is 2. The summed E-state index contributed by atoms with van der Waals surface area (Å²) in [6.07, 6.45) is 2.97. The molecule has 0 aliphatic carbocycles. The van der Waals surface area contributed by atoms with Gasteiger partial charge in [0.2, 0.25) is 5.52 Å². The van der Waals surface area contributed by atoms with Gasteiger partial charge in [0, 0.05) is 12.5 Å². The molecule has 29 heavy (non-hydrogen) atoms. The van der Waals surface area contributed by atoms with Crippen molar-refractivity contribution in [3.05, 3.63) is 46.3 Å². The fraction of sp³-hybridized carbons (Fsp3) is 0.300. The molecule has 1 aromatic heterocycles. The fourth-order valence-corrected chi connectivity index (χ4v) is 5.59. The molecule has 1 heterocycles. The molecule has 0 unspecified atom stereocenters. The number of rotatable bonds is 9. The predicted octanol–water partition coefficient (Wildman–Crippen LogP) is 4.19. The van der Waals surface area contributed by atoms with Crippen LogP contribution in [0.15, 0.2) is 41.3 Å². The van der Waals surface area contributed by atoms with Crippen LogP contribution in [0.25, 0.3) is 27.1 Å². The Balaban J connectivity index is 2.11. The third kappa shape index (κ3) is 5.57. The van der Waals surface area contributed by atoms with Crippen LogP contribution in [0, 0.1) is 0 Å². The van der Waals surface area contributed by atoms with Crippen LogP contribution in [-0.2, 0) is 21.5 Å². The van der Waals surface area contributed by atoms with Gasteiger partial charge in [0.25, 0.3) is 15.1 Å². The second-order valence-electron chi connectivity index (χ2n) is 6.51. The van der Waals surface area contributed by atoms with Gasteiger partial charge in [0.1, 0.15) is 4.70 Å². The van der Waals surface area contributed by atoms with Crippen LogP contribution in [0.5, 0.6) is 0 Å². The number of hydrogen-bond donors (Lipinski definition) is 2. The molecule has 0 atom stereocenters. The van der Waals surface area contributed by atoms with Crippen molar-refractivity contribution in [1.82, 2.24) is 0 Å². The Morgan fingerprint density at radius 1 is 1.24 bits per heavy atom. The Morgan fingerprint density at radius 2 is 2.00 bits per heavy atom. The first-order chi connectivity index (χ1) is 13.8. The number of nitrogens with zero attached hydrogens (tertiary/aromatic N) is 1. The minimum atomic E-state index is -4.03. The van der Waals surface area contributed by atoms with Gasteiger partial charge in [-0.25, -0.2) is 0 Å². The molecule has 0 spiro atoms. The van der Waals surface area contributed by atoms with Crippen LogP contribution in [0.3, 0.4) is 0 Å². The molecule has 3 aromatic rings. The van der Waals surface area contributed by atoms with Crippen molar-refractivity contribution in [2.75, 3.05) is 11.5 Å². The normalized spacial score (nSPS) is 12.7. The van der Waals surface area contributed by atoms with Gasteiger partial charge < -0.3 is 5.11 Å². The minimum Gasteiger partial charge on any atom is -0.481 e. The number of carboxylic acid groups (broad SMARTS) is 1. The Hall–Kier alpha value is -1.94. The lowest BCUT2D eigenvalue weighted by Gasteiger charge is -2.02. The Morgan fingerprint density at radius 3 is 2.69 bits per heavy atom. The molecule has 2 aromatic carbocycles. The SMILES string of the molecule is CC/C(=C\c1sc2ccc3ccccc3c2[n+]1CCCS(=O)(=O)O)SCC(=O)O. The van der Waals surface area contributed by atoms with Gasteiger partial charge in [-0.1, -0.05) is 42.5 Å². The lowest BCUT2D eigenvalue weighted by molar-refractivity contribution is -0.667. The zero-order chi connectivity index (χ0) is 21.0. The van der Waals surface area contributed by atoms with Crippen molar-refractivity contribution in [1.29, 1.82) is 0 Å². The third-order valence-electron chi connectivity index (χ3n) is 4.41. The molecule has 0 bridgehead atoms. The molecule has 0 amide bonds. The van der Waals surface area contributed by atoms with Crippen molar-refractivity contribution in [3.8, 4) is 0 Å². The largest absolute Gasteiger partial charge is 0.481 e. The first-order valence-corrected chi connectivity index (χ1v) is 12.5. The summed E-state index contributed by atoms with van der Waals surface area (Å²) in [7, 11) is -4.03. The molecule has 2 N–H and O–H groups in total. The number of aromatic nitrogens is 1. The molecule has 0 saturated carbocycles. The number of fused-ring (bicyclic) bond motifs is 3. The van der Waals surface area contributed by atoms with Crippen LogP contribution >= 0.6 is 23.1 Å². The lowest BCUT2D eigenvalue weighted by Crippen LogP contribution is -2.36. The second-order valence-corrected chi connectivity index (χ2v) is 10.2. The maximum absolute atomic E-state index is 11.2. The highest BCUT2D eigenvalue weighted by Gasteiger charge is 2.22. The van der Waals surface area contributed by atoms with E-state index < -0.39 is 16.1 Å². The summed E-state index contributed by atoms with van der Waals surface area (Å²) >= 11 is 2.88. The van der Waals surface area contributed by atoms with E-state index in [1.807, 2.05) is 37.3 Å². The van der Waals surface area contributed by atoms with Crippen LogP contribution in [0.1, 0.15) is 24.8 Å². The highest BCUT2D eigenvalue weighted by molar-refractivity contribution is 8.03. The van der Waals surface area contributed by atoms with E-state index >= 15 is 0 Å². The molecule has 0 saturated heterocycles. The number of hydrogen-bond acceptors (Lipinski definition) is 5. The zero-order valence-corrected chi connectivity index (χ0v) is 18.3. The average molecular weight is 453 g/mol. The molecule has 154 valence electrons. The number of thioether (sulfide) groups is 1. The Kier molecular flexibility index (Phi) is 6.94. The number of aliphatic carboxylic acids is 1. The lowest BCUT2D eigenvalue weighted by atomic mass is 10.1. The first-order valence-electron chi connectivity index (χ1n) is 9.13. The second kappa shape index (κ2) is 9.25. The monoisotopic (exact) mass is 452 g/mol. The van der Waals surface area contributed by atoms with E-state index in [2.05, 4.69) is 16.7 Å². The summed E-state index contributed by atoms with van der Waals surface area (Å²) < 4.78 is 34.6. The van der Waals surface area contributed by atoms with Gasteiger partial charge in [-0.15, -0.1) is 11.8 Å². The van der Waals surface area contributed by atoms with Crippen molar-refractivity contribution in [2.45, 2.75) is 26.3 Å². The predicted molar refractivity (Wildman–Crippen MR) is 119 cm³/mol. The third-order valence-corrected chi connectivity index (χ3v) is 7.48. The minimum absolute atomic E-state index is 0.00372. The van der Waals surface area contributed by atoms with Gasteiger partial charge in [0.15, 0.2) is 6.54 Å². The maximum Gasteiger partial charge on any atom is 0.313 e. The summed E-state index contributed by atoms with van der Waals surface area (Å²) in [5, 5.41) is 12.1. The molecule has 3 rings (SSSR count). The van der Waals surface area contributed by atoms with Gasteiger partial charge in [0.05, 0.1) is 16.9 Å². The van der Waals surface area contributed by atoms with E-state index in [1.54, 1.807) is 11.3 Å². The molecule has 0 fully saturated rings. The van der Waals surface area contributed by atoms with Crippen molar-refractivity contribution in [2.24, 2.45) is 0 Å². The Bertz CT molecular complexity index is 1180. The van der Waals surface area contributed by atoms with E-state index in [9.17, 15) is 13.2 Å². The highest BCUT2D eigenvalue weighted by Crippen LogP contribution is 2.31. The van der Waals surface area contributed by atoms with Crippen LogP contribution < -0.4 is 4.57 Å². The van der Waals surface area contributed by atoms with E-state index in [-0.39, 0.29) is 17.9 Å². The first kappa shape index (κ1) is 21.8. The standard InChI is InChI=1S/C20H21NO5S3/c1-2-15(27-13-19(22)23)12-18-21(10-5-11-29(24,25)26)20-16-7-4-3-6-14(16)8-9-17(20)28-18/h3-4,6-9,12H,2,5,10-11,13H2,1H3,(H-,22,23,24,25,26)/p+1/b15-12+. The average Bonchev–Trinajstić information content (AvgIpc) is 3.01. The zero-order valence-electron chi connectivity index (χ0n) is 15.9. The highest BCUT2D eigenvalue weighted by atomic mass is 32.2. The molecule has 0 aliphatic rings. The number of thiazole rings is 1. The van der Waals surface area contributed by atoms with Crippen LogP contribution in [0.2, 0.25) is 0 Å². The summed E-state index contributed by atoms with van der Waals surface area (Å²) in [5.74, 6) is -1.17. The maximum atomic E-state index is 11.2. The quantitative estimate of drug-likeness (QED) is 0.373. The van der Waals surface area contributed by atoms with E-state index in [0.717, 1.165) is 30.9 Å². The molecular formula is C20H22NO5S3+. The number of allylic oxidation sites excluding steroid dienone is 1. The smallest absolute Gasteiger partial charge is 0.313 e. The summed E-state index contributed by atoms with van der Waals surface area (Å²) in [5.41, 5.74) is 1.02. The van der Waals surface area contributed by atoms with Crippen molar-refractivity contribution in [3.63, 3.8) is 0 Å². The fourth-order valence-electron chi connectivity index (χ4n) is 3.15. The summed E-state index contributed by atoms with van der Waals surface area (Å²) in [4.78, 5) is 11.9. The number of carbonyl (C=O) groups is 1. The van der Waals surface area contributed by atoms with Crippen molar-refractivity contribution < 1.29 is 27.4 Å². The van der Waals surface area contributed by atoms with Crippen LogP contribution in [-0.4, -0.2) is 35.6 Å². The molecule has 9 heteroatoms. The molecule has 0 radical (unpaired) electrons. The number of aryl methyl sites for hydroxylation is 1. The van der Waals surface area contributed by atoms with Crippen LogP contribution in [0.4, 0.5) is 0 Å². The Labute approximate surface area is 177 Å². The molecular weight excluding hydrogens is 430 g/mol. The summed E-state index contributed by atoms with van der Waals surface area (Å²) in [6.45, 7) is 2.41. The van der Waals surface area contributed by atoms with Gasteiger partial charge in [-0.3, -0.25) is 9.35 Å². The number of carboxylic acids is 1. The van der Waals surface area contributed by atoms with Gasteiger partial charge >= 0.3 is 5.97 Å².